The quantitative estimate of drug-likeness (QED) is 0.607. The molecule has 0 aromatic heterocycles. The Labute approximate surface area is 110 Å². The van der Waals surface area contributed by atoms with Gasteiger partial charge in [0.2, 0.25) is 0 Å². The van der Waals surface area contributed by atoms with E-state index >= 15 is 0 Å². The van der Waals surface area contributed by atoms with Crippen LogP contribution >= 0.6 is 15.9 Å². The Bertz CT molecular complexity index is 500. The van der Waals surface area contributed by atoms with E-state index in [1.807, 2.05) is 49.4 Å². The van der Waals surface area contributed by atoms with Crippen molar-refractivity contribution in [2.45, 2.75) is 11.8 Å². The van der Waals surface area contributed by atoms with Crippen molar-refractivity contribution in [1.82, 2.24) is 0 Å². The summed E-state index contributed by atoms with van der Waals surface area (Å²) < 4.78 is 0. The van der Waals surface area contributed by atoms with Gasteiger partial charge in [-0.25, -0.2) is 0 Å². The summed E-state index contributed by atoms with van der Waals surface area (Å²) >= 11 is 3.29. The molecule has 0 bridgehead atoms. The Morgan fingerprint density at radius 2 is 1.47 bits per heavy atom. The fourth-order valence-corrected chi connectivity index (χ4v) is 1.95. The van der Waals surface area contributed by atoms with Crippen molar-refractivity contribution < 1.29 is 4.79 Å². The predicted molar refractivity (Wildman–Crippen MR) is 74.6 cm³/mol. The molecule has 2 aromatic rings. The lowest BCUT2D eigenvalue weighted by Gasteiger charge is -2.05. The summed E-state index contributed by atoms with van der Waals surface area (Å²) in [6.07, 6.45) is 0. The first-order valence-corrected chi connectivity index (χ1v) is 6.44. The highest BCUT2D eigenvalue weighted by Gasteiger charge is 2.11. The molecule has 86 valence electrons. The number of rotatable bonds is 3. The van der Waals surface area contributed by atoms with Gasteiger partial charge in [-0.1, -0.05) is 70.5 Å². The average molecular weight is 289 g/mol. The third-order valence-electron chi connectivity index (χ3n) is 2.64. The van der Waals surface area contributed by atoms with Crippen molar-refractivity contribution in [3.05, 3.63) is 60.2 Å². The van der Waals surface area contributed by atoms with E-state index in [9.17, 15) is 4.79 Å². The van der Waals surface area contributed by atoms with Crippen LogP contribution in [0.25, 0.3) is 11.1 Å². The number of carbonyl (C=O) groups excluding carboxylic acids is 1. The van der Waals surface area contributed by atoms with Gasteiger partial charge in [0.05, 0.1) is 4.83 Å². The second-order valence-electron chi connectivity index (χ2n) is 3.92. The van der Waals surface area contributed by atoms with E-state index in [4.69, 9.17) is 0 Å². The average Bonchev–Trinajstić information content (AvgIpc) is 2.39. The van der Waals surface area contributed by atoms with E-state index in [1.54, 1.807) is 0 Å². The number of ketones is 1. The number of carbonyl (C=O) groups is 1. The molecule has 0 N–H and O–H groups in total. The molecule has 0 saturated heterocycles. The van der Waals surface area contributed by atoms with E-state index < -0.39 is 0 Å². The van der Waals surface area contributed by atoms with Crippen molar-refractivity contribution >= 4 is 21.7 Å². The van der Waals surface area contributed by atoms with Crippen LogP contribution in [0.5, 0.6) is 0 Å². The number of alkyl halides is 1. The van der Waals surface area contributed by atoms with E-state index in [0.29, 0.717) is 0 Å². The molecule has 0 aliphatic heterocycles. The lowest BCUT2D eigenvalue weighted by Crippen LogP contribution is -2.09. The van der Waals surface area contributed by atoms with Crippen LogP contribution in [0.15, 0.2) is 54.6 Å². The van der Waals surface area contributed by atoms with Crippen molar-refractivity contribution in [3.8, 4) is 11.1 Å². The summed E-state index contributed by atoms with van der Waals surface area (Å²) in [5.74, 6) is 0.115. The van der Waals surface area contributed by atoms with Gasteiger partial charge in [-0.05, 0) is 18.1 Å². The topological polar surface area (TPSA) is 17.1 Å². The Balaban J connectivity index is 2.28. The highest BCUT2D eigenvalue weighted by atomic mass is 79.9. The van der Waals surface area contributed by atoms with Gasteiger partial charge in [-0.15, -0.1) is 0 Å². The maximum atomic E-state index is 11.7. The normalized spacial score (nSPS) is 12.1. The summed E-state index contributed by atoms with van der Waals surface area (Å²) in [4.78, 5) is 11.6. The largest absolute Gasteiger partial charge is 0.293 e. The molecular weight excluding hydrogens is 276 g/mol. The molecule has 2 rings (SSSR count). The van der Waals surface area contributed by atoms with E-state index in [1.165, 1.54) is 5.56 Å². The van der Waals surface area contributed by atoms with E-state index in [-0.39, 0.29) is 10.6 Å². The van der Waals surface area contributed by atoms with Gasteiger partial charge in [0, 0.05) is 5.56 Å². The van der Waals surface area contributed by atoms with Gasteiger partial charge in [-0.3, -0.25) is 4.79 Å². The third-order valence-corrected chi connectivity index (χ3v) is 3.05. The van der Waals surface area contributed by atoms with Crippen molar-refractivity contribution in [1.29, 1.82) is 0 Å². The highest BCUT2D eigenvalue weighted by molar-refractivity contribution is 9.10. The molecule has 0 spiro atoms. The molecule has 0 unspecified atom stereocenters. The molecule has 0 heterocycles. The Morgan fingerprint density at radius 3 is 2.00 bits per heavy atom. The fraction of sp³-hybridized carbons (Fsp3) is 0.133. The zero-order valence-electron chi connectivity index (χ0n) is 9.56. The lowest BCUT2D eigenvalue weighted by molar-refractivity contribution is 0.0996. The standard InChI is InChI=1S/C15H13BrO/c1-11(16)15(17)14-9-7-13(8-10-14)12-5-3-2-4-6-12/h2-11H,1H3/t11-/m1/s1. The maximum Gasteiger partial charge on any atom is 0.176 e. The monoisotopic (exact) mass is 288 g/mol. The SMILES string of the molecule is C[C@@H](Br)C(=O)c1ccc(-c2ccccc2)cc1. The molecule has 1 nitrogen and oxygen atoms in total. The number of benzene rings is 2. The van der Waals surface area contributed by atoms with Crippen LogP contribution in [-0.4, -0.2) is 10.6 Å². The van der Waals surface area contributed by atoms with Gasteiger partial charge in [-0.2, -0.15) is 0 Å². The number of hydrogen-bond acceptors (Lipinski definition) is 1. The Morgan fingerprint density at radius 1 is 0.941 bits per heavy atom. The molecule has 1 atom stereocenters. The summed E-state index contributed by atoms with van der Waals surface area (Å²) in [6.45, 7) is 1.84. The maximum absolute atomic E-state index is 11.7. The van der Waals surface area contributed by atoms with Crippen molar-refractivity contribution in [2.75, 3.05) is 0 Å². The van der Waals surface area contributed by atoms with Gasteiger partial charge < -0.3 is 0 Å². The number of halogens is 1. The first-order valence-electron chi connectivity index (χ1n) is 5.52. The number of Topliss-reactive ketones (excluding diaryl/α,β-unsaturated/α-hetero) is 1. The smallest absolute Gasteiger partial charge is 0.176 e. The molecule has 0 fully saturated rings. The van der Waals surface area contributed by atoms with Crippen LogP contribution in [0.2, 0.25) is 0 Å². The first kappa shape index (κ1) is 12.1. The molecule has 2 aromatic carbocycles. The van der Waals surface area contributed by atoms with E-state index in [2.05, 4.69) is 28.1 Å². The molecule has 0 aliphatic rings. The molecule has 17 heavy (non-hydrogen) atoms. The number of hydrogen-bond donors (Lipinski definition) is 0. The van der Waals surface area contributed by atoms with Crippen LogP contribution in [-0.2, 0) is 0 Å². The molecule has 0 aliphatic carbocycles. The molecule has 0 radical (unpaired) electrons. The Kier molecular flexibility index (Phi) is 3.75. The van der Waals surface area contributed by atoms with Crippen LogP contribution in [0, 0.1) is 0 Å². The van der Waals surface area contributed by atoms with Crippen LogP contribution in [0.3, 0.4) is 0 Å². The second-order valence-corrected chi connectivity index (χ2v) is 5.30. The summed E-state index contributed by atoms with van der Waals surface area (Å²) in [6, 6.07) is 17.9. The van der Waals surface area contributed by atoms with Gasteiger partial charge in [0.1, 0.15) is 0 Å². The van der Waals surface area contributed by atoms with Crippen LogP contribution in [0.1, 0.15) is 17.3 Å². The fourth-order valence-electron chi connectivity index (χ4n) is 1.69. The minimum absolute atomic E-state index is 0.115. The predicted octanol–water partition coefficient (Wildman–Crippen LogP) is 4.32. The second kappa shape index (κ2) is 5.28. The van der Waals surface area contributed by atoms with Crippen LogP contribution in [0.4, 0.5) is 0 Å². The van der Waals surface area contributed by atoms with Crippen LogP contribution < -0.4 is 0 Å². The summed E-state index contributed by atoms with van der Waals surface area (Å²) in [7, 11) is 0. The van der Waals surface area contributed by atoms with Gasteiger partial charge >= 0.3 is 0 Å². The zero-order valence-corrected chi connectivity index (χ0v) is 11.1. The van der Waals surface area contributed by atoms with Crippen molar-refractivity contribution in [3.63, 3.8) is 0 Å². The highest BCUT2D eigenvalue weighted by Crippen LogP contribution is 2.20. The molecule has 0 amide bonds. The minimum Gasteiger partial charge on any atom is -0.293 e. The zero-order chi connectivity index (χ0) is 12.3. The molecular formula is C15H13BrO. The van der Waals surface area contributed by atoms with Gasteiger partial charge in [0.15, 0.2) is 5.78 Å². The van der Waals surface area contributed by atoms with Gasteiger partial charge in [0.25, 0.3) is 0 Å². The first-order chi connectivity index (χ1) is 8.18. The van der Waals surface area contributed by atoms with Crippen molar-refractivity contribution in [2.24, 2.45) is 0 Å². The van der Waals surface area contributed by atoms with E-state index in [0.717, 1.165) is 11.1 Å². The summed E-state index contributed by atoms with van der Waals surface area (Å²) in [5, 5.41) is 0. The lowest BCUT2D eigenvalue weighted by atomic mass is 10.0. The summed E-state index contributed by atoms with van der Waals surface area (Å²) in [5.41, 5.74) is 3.04. The Hall–Kier alpha value is -1.41. The third kappa shape index (κ3) is 2.83. The molecule has 0 saturated carbocycles. The molecule has 2 heteroatoms. The minimum atomic E-state index is -0.134.